The molecule has 8 heteroatoms. The van der Waals surface area contributed by atoms with Crippen molar-refractivity contribution >= 4 is 22.8 Å². The van der Waals surface area contributed by atoms with Crippen LogP contribution in [0.1, 0.15) is 15.9 Å². The van der Waals surface area contributed by atoms with E-state index < -0.39 is 0 Å². The molecule has 0 bridgehead atoms. The molecule has 0 radical (unpaired) electrons. The molecule has 0 spiro atoms. The third kappa shape index (κ3) is 2.96. The van der Waals surface area contributed by atoms with E-state index in [1.165, 1.54) is 6.20 Å². The first kappa shape index (κ1) is 16.1. The number of amides is 1. The third-order valence-corrected chi connectivity index (χ3v) is 4.35. The Balaban J connectivity index is 1.28. The zero-order valence-electron chi connectivity index (χ0n) is 14.6. The quantitative estimate of drug-likeness (QED) is 0.522. The van der Waals surface area contributed by atoms with Gasteiger partial charge in [0.05, 0.1) is 11.8 Å². The molecule has 0 unspecified atom stereocenters. The second-order valence-electron chi connectivity index (χ2n) is 6.22. The van der Waals surface area contributed by atoms with Gasteiger partial charge in [-0.3, -0.25) is 14.2 Å². The second-order valence-corrected chi connectivity index (χ2v) is 6.22. The molecule has 1 N–H and O–H groups in total. The average molecular weight is 370 g/mol. The van der Waals surface area contributed by atoms with E-state index in [4.69, 9.17) is 4.42 Å². The summed E-state index contributed by atoms with van der Waals surface area (Å²) in [6.45, 7) is 0.401. The summed E-state index contributed by atoms with van der Waals surface area (Å²) in [5, 5.41) is 2.89. The molecule has 4 aromatic heterocycles. The standard InChI is InChI=1S/C20H14N6O2/c27-18(15-10-24-20-22-7-8-26(20)12-15)23-9-13-1-3-14(4-2-13)19-25-16-11-21-6-5-17(16)28-19/h1-8,10-12H,9H2,(H,23,27). The first-order chi connectivity index (χ1) is 13.8. The highest BCUT2D eigenvalue weighted by Crippen LogP contribution is 2.23. The van der Waals surface area contributed by atoms with Gasteiger partial charge in [-0.2, -0.15) is 0 Å². The molecule has 5 aromatic rings. The van der Waals surface area contributed by atoms with Crippen LogP contribution in [0, 0.1) is 0 Å². The molecule has 0 saturated carbocycles. The van der Waals surface area contributed by atoms with E-state index in [1.807, 2.05) is 24.3 Å². The summed E-state index contributed by atoms with van der Waals surface area (Å²) >= 11 is 0. The Kier molecular flexibility index (Phi) is 3.79. The van der Waals surface area contributed by atoms with Crippen LogP contribution in [0.25, 0.3) is 28.3 Å². The first-order valence-electron chi connectivity index (χ1n) is 8.63. The molecule has 8 nitrogen and oxygen atoms in total. The smallest absolute Gasteiger partial charge is 0.254 e. The first-order valence-corrected chi connectivity index (χ1v) is 8.63. The fourth-order valence-electron chi connectivity index (χ4n) is 2.89. The fourth-order valence-corrected chi connectivity index (χ4v) is 2.89. The Morgan fingerprint density at radius 3 is 2.82 bits per heavy atom. The van der Waals surface area contributed by atoms with Gasteiger partial charge in [-0.05, 0) is 17.7 Å². The maximum atomic E-state index is 12.4. The lowest BCUT2D eigenvalue weighted by molar-refractivity contribution is 0.0950. The number of imidazole rings is 1. The molecule has 0 atom stereocenters. The lowest BCUT2D eigenvalue weighted by atomic mass is 10.1. The molecule has 0 fully saturated rings. The largest absolute Gasteiger partial charge is 0.436 e. The van der Waals surface area contributed by atoms with Crippen LogP contribution in [0.5, 0.6) is 0 Å². The monoisotopic (exact) mass is 370 g/mol. The van der Waals surface area contributed by atoms with E-state index in [2.05, 4.69) is 25.3 Å². The Labute approximate surface area is 158 Å². The van der Waals surface area contributed by atoms with Crippen molar-refractivity contribution in [1.82, 2.24) is 29.7 Å². The van der Waals surface area contributed by atoms with Crippen molar-refractivity contribution in [3.05, 3.63) is 78.6 Å². The van der Waals surface area contributed by atoms with Gasteiger partial charge < -0.3 is 9.73 Å². The number of hydrogen-bond acceptors (Lipinski definition) is 6. The summed E-state index contributed by atoms with van der Waals surface area (Å²) in [6.07, 6.45) is 9.95. The highest BCUT2D eigenvalue weighted by molar-refractivity contribution is 5.93. The van der Waals surface area contributed by atoms with Crippen molar-refractivity contribution in [2.24, 2.45) is 0 Å². The van der Waals surface area contributed by atoms with E-state index in [0.717, 1.165) is 16.6 Å². The molecule has 136 valence electrons. The van der Waals surface area contributed by atoms with Crippen molar-refractivity contribution in [1.29, 1.82) is 0 Å². The number of carbonyl (C=O) groups is 1. The molecule has 0 aliphatic carbocycles. The SMILES string of the molecule is O=C(NCc1ccc(-c2nc3cnccc3o2)cc1)c1cnc2nccn2c1. The number of nitrogens with one attached hydrogen (secondary N) is 1. The Morgan fingerprint density at radius 2 is 1.96 bits per heavy atom. The number of fused-ring (bicyclic) bond motifs is 2. The summed E-state index contributed by atoms with van der Waals surface area (Å²) in [4.78, 5) is 29.0. The van der Waals surface area contributed by atoms with Crippen LogP contribution in [0.15, 0.2) is 71.9 Å². The minimum atomic E-state index is -0.196. The van der Waals surface area contributed by atoms with Gasteiger partial charge in [-0.25, -0.2) is 15.0 Å². The minimum Gasteiger partial charge on any atom is -0.436 e. The maximum Gasteiger partial charge on any atom is 0.254 e. The van der Waals surface area contributed by atoms with Gasteiger partial charge in [0.1, 0.15) is 5.52 Å². The number of aromatic nitrogens is 5. The Morgan fingerprint density at radius 1 is 1.07 bits per heavy atom. The molecule has 0 aliphatic heterocycles. The van der Waals surface area contributed by atoms with Crippen molar-refractivity contribution in [2.45, 2.75) is 6.54 Å². The predicted octanol–water partition coefficient (Wildman–Crippen LogP) is 2.86. The Hall–Kier alpha value is -4.07. The van der Waals surface area contributed by atoms with Gasteiger partial charge in [0.25, 0.3) is 5.91 Å². The van der Waals surface area contributed by atoms with Crippen molar-refractivity contribution < 1.29 is 9.21 Å². The van der Waals surface area contributed by atoms with Crippen LogP contribution in [0.2, 0.25) is 0 Å². The van der Waals surface area contributed by atoms with Crippen LogP contribution in [-0.2, 0) is 6.54 Å². The molecule has 5 rings (SSSR count). The number of nitrogens with zero attached hydrogens (tertiary/aromatic N) is 5. The highest BCUT2D eigenvalue weighted by Gasteiger charge is 2.10. The summed E-state index contributed by atoms with van der Waals surface area (Å²) in [5.41, 5.74) is 3.72. The van der Waals surface area contributed by atoms with Crippen LogP contribution in [0.4, 0.5) is 0 Å². The normalized spacial score (nSPS) is 11.1. The average Bonchev–Trinajstić information content (AvgIpc) is 3.38. The van der Waals surface area contributed by atoms with E-state index in [0.29, 0.717) is 29.4 Å². The molecule has 1 amide bonds. The number of benzene rings is 1. The highest BCUT2D eigenvalue weighted by atomic mass is 16.3. The number of pyridine rings is 1. The van der Waals surface area contributed by atoms with E-state index in [-0.39, 0.29) is 5.91 Å². The zero-order valence-corrected chi connectivity index (χ0v) is 14.6. The van der Waals surface area contributed by atoms with Crippen LogP contribution >= 0.6 is 0 Å². The van der Waals surface area contributed by atoms with Gasteiger partial charge in [0.15, 0.2) is 5.58 Å². The molecular formula is C20H14N6O2. The van der Waals surface area contributed by atoms with Crippen LogP contribution in [0.3, 0.4) is 0 Å². The number of hydrogen-bond donors (Lipinski definition) is 1. The van der Waals surface area contributed by atoms with Crippen molar-refractivity contribution in [3.8, 4) is 11.5 Å². The van der Waals surface area contributed by atoms with Gasteiger partial charge >= 0.3 is 0 Å². The van der Waals surface area contributed by atoms with Crippen LogP contribution < -0.4 is 5.32 Å². The summed E-state index contributed by atoms with van der Waals surface area (Å²) in [6, 6.07) is 9.48. The van der Waals surface area contributed by atoms with Gasteiger partial charge in [0.2, 0.25) is 11.7 Å². The fraction of sp³-hybridized carbons (Fsp3) is 0.0500. The maximum absolute atomic E-state index is 12.4. The molecule has 0 saturated heterocycles. The minimum absolute atomic E-state index is 0.196. The second kappa shape index (κ2) is 6.58. The molecule has 0 aliphatic rings. The summed E-state index contributed by atoms with van der Waals surface area (Å²) in [7, 11) is 0. The van der Waals surface area contributed by atoms with E-state index in [9.17, 15) is 4.79 Å². The molecule has 4 heterocycles. The summed E-state index contributed by atoms with van der Waals surface area (Å²) in [5.74, 6) is 0.902. The summed E-state index contributed by atoms with van der Waals surface area (Å²) < 4.78 is 7.45. The number of carbonyl (C=O) groups excluding carboxylic acids is 1. The van der Waals surface area contributed by atoms with Gasteiger partial charge in [0, 0.05) is 49.2 Å². The third-order valence-electron chi connectivity index (χ3n) is 4.35. The molecule has 1 aromatic carbocycles. The lowest BCUT2D eigenvalue weighted by Crippen LogP contribution is -2.23. The predicted molar refractivity (Wildman–Crippen MR) is 101 cm³/mol. The number of oxazole rings is 1. The zero-order chi connectivity index (χ0) is 18.9. The van der Waals surface area contributed by atoms with Gasteiger partial charge in [-0.15, -0.1) is 0 Å². The molecular weight excluding hydrogens is 356 g/mol. The van der Waals surface area contributed by atoms with Crippen LogP contribution in [-0.4, -0.2) is 30.2 Å². The molecule has 28 heavy (non-hydrogen) atoms. The van der Waals surface area contributed by atoms with E-state index in [1.54, 1.807) is 41.5 Å². The topological polar surface area (TPSA) is 98.2 Å². The van der Waals surface area contributed by atoms with E-state index >= 15 is 0 Å². The lowest BCUT2D eigenvalue weighted by Gasteiger charge is -2.06. The number of rotatable bonds is 4. The van der Waals surface area contributed by atoms with Gasteiger partial charge in [-0.1, -0.05) is 12.1 Å². The Bertz CT molecular complexity index is 1260. The van der Waals surface area contributed by atoms with Crippen molar-refractivity contribution in [3.63, 3.8) is 0 Å². The van der Waals surface area contributed by atoms with Crippen molar-refractivity contribution in [2.75, 3.05) is 0 Å².